The van der Waals surface area contributed by atoms with Crippen molar-refractivity contribution in [2.75, 3.05) is 101 Å². The molecule has 113 heavy (non-hydrogen) atoms. The van der Waals surface area contributed by atoms with E-state index in [0.29, 0.717) is 47.4 Å². The van der Waals surface area contributed by atoms with E-state index >= 15 is 0 Å². The number of carbonyl (C=O) groups excluding carboxylic acids is 10. The molecule has 2 heterocycles. The minimum atomic E-state index is -10.7. The Kier molecular flexibility index (Phi) is 49.0. The van der Waals surface area contributed by atoms with Crippen molar-refractivity contribution in [3.63, 3.8) is 0 Å². The van der Waals surface area contributed by atoms with Gasteiger partial charge in [-0.05, 0) is 81.5 Å². The summed E-state index contributed by atoms with van der Waals surface area (Å²) in [6, 6.07) is 41.5. The second kappa shape index (κ2) is 54.1. The van der Waals surface area contributed by atoms with Gasteiger partial charge in [-0.15, -0.1) is 9.83 Å². The molecule has 2 aromatic heterocycles. The van der Waals surface area contributed by atoms with E-state index in [1.165, 1.54) is 4.90 Å². The van der Waals surface area contributed by atoms with Crippen LogP contribution in [0.25, 0.3) is 11.2 Å². The standard InChI is InChI=1S/C28H34N2O7.C22H26N2O5.C10H15N6O.C8H19N.C5H9NO3.C3H7NO.F6P/c1-2-26(33)29-18-25(32)16-23(15-21-9-5-3-6-10-21)28(35)30-17-24(31)13-14-36-20-27(34)37-19-22-11-7-4-8-12-22;23-20(13-17-7-3-1-4-8-17)22(27)24-14-19(25)11-12-28-16-21(26)29-15-18-9-5-2-6-10-18;1-13(2)10(14(3)4)15-8-6-5-7-11-9(8)16(17)12-15;1-6-9(7(2)3)8(4)5;1-2-4(7)6-3-5(8)9;1-4(2)3-5;1-7(2,3,4,5)6/h3-12,23H,2,13-20H2,1H3,(H,29,33)(H,30,35);1-10,20H,11-16,23H2,(H,24,27);5-7H,1-4H3;7-8H,6H2,1-5H3;2-3H2,1H3,(H,6,7)(H,8,9);3H,1-2H3;/q;;+1;;;;-1/t23-;20-;;;;;/m10...../s1. The van der Waals surface area contributed by atoms with Crippen molar-refractivity contribution in [2.24, 2.45) is 11.7 Å². The van der Waals surface area contributed by atoms with Crippen LogP contribution < -0.4 is 31.8 Å². The monoisotopic (exact) mass is 1620 g/mol. The van der Waals surface area contributed by atoms with Gasteiger partial charge in [0.05, 0.1) is 67.1 Å². The number of amides is 5. The number of nitrogens with zero attached hydrogens (tertiary/aromatic N) is 8. The first-order valence-corrected chi connectivity index (χ1v) is 37.8. The van der Waals surface area contributed by atoms with E-state index in [4.69, 9.17) is 29.8 Å². The number of rotatable bonds is 36. The Balaban J connectivity index is 0.00000145. The first-order chi connectivity index (χ1) is 52.9. The number of Topliss-reactive ketones (excluding diaryl/α,β-unsaturated/α-hetero) is 3. The largest absolute Gasteiger partial charge is 0.459 e. The molecule has 5 amide bonds. The molecule has 0 spiro atoms. The zero-order chi connectivity index (χ0) is 85.8. The topological polar surface area (TPSA) is 389 Å². The van der Waals surface area contributed by atoms with Crippen LogP contribution in [0.5, 0.6) is 0 Å². The van der Waals surface area contributed by atoms with E-state index in [0.717, 1.165) is 41.2 Å². The maximum atomic E-state index is 12.8. The number of ketones is 3. The number of pyridine rings is 1. The third-order valence-corrected chi connectivity index (χ3v) is 14.5. The third kappa shape index (κ3) is 53.8. The summed E-state index contributed by atoms with van der Waals surface area (Å²) in [6.07, 6.45) is 3.67. The van der Waals surface area contributed by atoms with Gasteiger partial charge in [0.25, 0.3) is 0 Å². The summed E-state index contributed by atoms with van der Waals surface area (Å²) in [5.41, 5.74) is 10.4. The van der Waals surface area contributed by atoms with Crippen LogP contribution in [-0.2, 0) is 97.7 Å². The molecule has 6 aromatic rings. The number of aliphatic carboxylic acids is 1. The maximum Gasteiger partial charge on any atom is 0.332 e. The second-order valence-electron chi connectivity index (χ2n) is 25.6. The number of aromatic nitrogens is 4. The van der Waals surface area contributed by atoms with Crippen molar-refractivity contribution in [1.29, 1.82) is 0 Å². The number of nitrogens with one attached hydrogen (secondary N) is 4. The molecule has 4 aromatic carbocycles. The van der Waals surface area contributed by atoms with Crippen LogP contribution in [-0.4, -0.2) is 230 Å². The van der Waals surface area contributed by atoms with Crippen LogP contribution in [0.4, 0.5) is 25.2 Å². The van der Waals surface area contributed by atoms with Gasteiger partial charge in [0, 0.05) is 69.4 Å². The van der Waals surface area contributed by atoms with Gasteiger partial charge in [-0.2, -0.15) is 0 Å². The number of fused-ring (bicyclic) bond motifs is 1. The van der Waals surface area contributed by atoms with Crippen molar-refractivity contribution >= 4 is 90.2 Å². The number of hydrogen-bond donors (Lipinski definition) is 6. The summed E-state index contributed by atoms with van der Waals surface area (Å²) in [5.74, 6) is -3.97. The fourth-order valence-electron chi connectivity index (χ4n) is 9.28. The molecule has 30 nitrogen and oxygen atoms in total. The maximum absolute atomic E-state index is 12.8. The molecular weight excluding hydrogens is 1510 g/mol. The molecule has 628 valence electrons. The molecule has 0 bridgehead atoms. The van der Waals surface area contributed by atoms with Gasteiger partial charge >= 0.3 is 62.5 Å². The number of nitrogens with two attached hydrogens (primary N) is 1. The second-order valence-corrected chi connectivity index (χ2v) is 27.6. The molecule has 37 heteroatoms. The van der Waals surface area contributed by atoms with Crippen molar-refractivity contribution in [3.8, 4) is 0 Å². The Hall–Kier alpha value is -10.7. The third-order valence-electron chi connectivity index (χ3n) is 14.5. The summed E-state index contributed by atoms with van der Waals surface area (Å²) in [6.45, 7) is 14.8. The number of carboxylic acids is 1. The van der Waals surface area contributed by atoms with Crippen molar-refractivity contribution in [2.45, 2.75) is 125 Å². The minimum absolute atomic E-state index is 0.0115. The van der Waals surface area contributed by atoms with E-state index in [-0.39, 0.29) is 127 Å². The summed E-state index contributed by atoms with van der Waals surface area (Å²) >= 11 is 0. The van der Waals surface area contributed by atoms with Gasteiger partial charge in [0.2, 0.25) is 35.6 Å². The molecule has 7 N–H and O–H groups in total. The van der Waals surface area contributed by atoms with Crippen LogP contribution in [0.2, 0.25) is 0 Å². The van der Waals surface area contributed by atoms with Crippen LogP contribution in [0.3, 0.4) is 0 Å². The summed E-state index contributed by atoms with van der Waals surface area (Å²) in [7, 11) is 0.306. The zero-order valence-electron chi connectivity index (χ0n) is 66.2. The van der Waals surface area contributed by atoms with Crippen LogP contribution in [0.1, 0.15) is 103 Å². The van der Waals surface area contributed by atoms with E-state index in [1.807, 2.05) is 165 Å². The number of benzene rings is 4. The summed E-state index contributed by atoms with van der Waals surface area (Å²) in [4.78, 5) is 136. The molecule has 0 unspecified atom stereocenters. The molecule has 0 aliphatic heterocycles. The zero-order valence-corrected chi connectivity index (χ0v) is 67.1. The van der Waals surface area contributed by atoms with Crippen molar-refractivity contribution in [3.05, 3.63) is 167 Å². The molecule has 0 saturated carbocycles. The fourth-order valence-corrected chi connectivity index (χ4v) is 9.28. The van der Waals surface area contributed by atoms with E-state index in [2.05, 4.69) is 71.0 Å². The average Bonchev–Trinajstić information content (AvgIpc) is 1.39. The fraction of sp³-hybridized carbons (Fsp3) is 0.461. The average molecular weight is 1620 g/mol. The first-order valence-electron chi connectivity index (χ1n) is 35.7. The quantitative estimate of drug-likeness (QED) is 0.00255. The number of esters is 2. The Labute approximate surface area is 654 Å². The number of hydrogen-bond acceptors (Lipinski definition) is 20. The SMILES string of the molecule is CCC(=O)NCC(=O)C[C@@H](Cc1ccccc1)C(=O)NCC(=O)CCOCC(=O)OCc1ccccc1.CCC(=O)NCC(=O)O.CCN(C(C)C)C(C)C.CN(C)C(n1n[n+]([O-])c2ncccc21)=[N+](C)C.CN(C)C=O.F[P-](F)(F)(F)(F)F.N[C@@H](Cc1ccccc1)C(=O)NCC(=O)CCOCC(=O)OCc1ccccc1. The minimum Gasteiger partial charge on any atom is -0.459 e. The molecule has 0 fully saturated rings. The van der Waals surface area contributed by atoms with Crippen LogP contribution in [0.15, 0.2) is 140 Å². The van der Waals surface area contributed by atoms with Crippen LogP contribution in [0, 0.1) is 11.1 Å². The van der Waals surface area contributed by atoms with Crippen molar-refractivity contribution in [1.82, 2.24) is 50.8 Å². The molecule has 0 aliphatic carbocycles. The Morgan fingerprint density at radius 2 is 0.982 bits per heavy atom. The molecule has 6 rings (SSSR count). The summed E-state index contributed by atoms with van der Waals surface area (Å²) in [5, 5.41) is 33.4. The molecule has 0 aliphatic rings. The number of halogens is 6. The number of ether oxygens (including phenoxy) is 4. The van der Waals surface area contributed by atoms with Crippen molar-refractivity contribution < 1.29 is 111 Å². The smallest absolute Gasteiger partial charge is 0.332 e. The van der Waals surface area contributed by atoms with E-state index in [9.17, 15) is 83.1 Å². The molecule has 0 saturated heterocycles. The Bertz CT molecular complexity index is 3870. The normalized spacial score (nSPS) is 11.6. The van der Waals surface area contributed by atoms with Gasteiger partial charge in [-0.25, -0.2) is 9.59 Å². The van der Waals surface area contributed by atoms with E-state index in [1.54, 1.807) is 44.9 Å². The van der Waals surface area contributed by atoms with Gasteiger partial charge in [-0.1, -0.05) is 147 Å². The number of carboxylic acid groups (broad SMARTS) is 1. The van der Waals surface area contributed by atoms with Gasteiger partial charge in [0.1, 0.15) is 39.2 Å². The predicted molar refractivity (Wildman–Crippen MR) is 414 cm³/mol. The van der Waals surface area contributed by atoms with Gasteiger partial charge in [0.15, 0.2) is 17.3 Å². The van der Waals surface area contributed by atoms with E-state index < -0.39 is 43.6 Å². The van der Waals surface area contributed by atoms with Gasteiger partial charge in [-0.3, -0.25) is 57.5 Å². The summed E-state index contributed by atoms with van der Waals surface area (Å²) < 4.78 is 83.2. The molecule has 2 atom stereocenters. The molecular formula is C76H110F6N13O17P. The van der Waals surface area contributed by atoms with Crippen LogP contribution >= 0.6 is 7.81 Å². The Morgan fingerprint density at radius 1 is 0.593 bits per heavy atom. The predicted octanol–water partition coefficient (Wildman–Crippen LogP) is 7.47. The number of carbonyl (C=O) groups is 11. The Morgan fingerprint density at radius 3 is 1.35 bits per heavy atom. The first kappa shape index (κ1) is 102. The molecule has 0 radical (unpaired) electrons. The van der Waals surface area contributed by atoms with Gasteiger partial charge < -0.3 is 61.2 Å².